The number of sulfonamides is 1. The summed E-state index contributed by atoms with van der Waals surface area (Å²) in [5.41, 5.74) is 2.19. The number of benzene rings is 2. The van der Waals surface area contributed by atoms with Gasteiger partial charge in [0.2, 0.25) is 10.0 Å². The molecule has 2 heterocycles. The zero-order valence-corrected chi connectivity index (χ0v) is 19.0. The molecule has 34 heavy (non-hydrogen) atoms. The number of hydrogen-bond acceptors (Lipinski definition) is 6. The number of ether oxygens (including phenoxy) is 1. The fourth-order valence-corrected chi connectivity index (χ4v) is 5.46. The molecule has 2 aromatic carbocycles. The van der Waals surface area contributed by atoms with E-state index in [2.05, 4.69) is 9.71 Å². The van der Waals surface area contributed by atoms with Gasteiger partial charge in [0.15, 0.2) is 0 Å². The van der Waals surface area contributed by atoms with Crippen LogP contribution >= 0.6 is 0 Å². The Morgan fingerprint density at radius 3 is 2.71 bits per heavy atom. The number of aliphatic hydroxyl groups excluding tert-OH is 1. The van der Waals surface area contributed by atoms with Crippen molar-refractivity contribution < 1.29 is 27.4 Å². The lowest BCUT2D eigenvalue weighted by atomic mass is 9.88. The second-order valence-electron chi connectivity index (χ2n) is 8.66. The summed E-state index contributed by atoms with van der Waals surface area (Å²) in [6.45, 7) is 0.268. The Hall–Kier alpha value is -3.30. The zero-order chi connectivity index (χ0) is 23.9. The fourth-order valence-electron chi connectivity index (χ4n) is 4.17. The summed E-state index contributed by atoms with van der Waals surface area (Å²) in [5, 5.41) is 10.4. The van der Waals surface area contributed by atoms with Crippen molar-refractivity contribution in [1.82, 2.24) is 9.71 Å². The van der Waals surface area contributed by atoms with Crippen molar-refractivity contribution in [3.05, 3.63) is 83.4 Å². The van der Waals surface area contributed by atoms with Crippen LogP contribution in [0, 0.1) is 11.7 Å². The highest BCUT2D eigenvalue weighted by molar-refractivity contribution is 7.91. The average molecular weight is 483 g/mol. The SMILES string of the molecule is O=C(NS(=O)(=O)C1CC1)c1ccc(F)cc1-c1ccc2c(c1)OC[C@H](Cc1ccccn1)[C@H]2O. The largest absolute Gasteiger partial charge is 0.493 e. The van der Waals surface area contributed by atoms with E-state index in [4.69, 9.17) is 4.74 Å². The van der Waals surface area contributed by atoms with E-state index in [1.54, 1.807) is 24.4 Å². The molecule has 1 aliphatic carbocycles. The molecule has 0 bridgehead atoms. The molecule has 0 radical (unpaired) electrons. The van der Waals surface area contributed by atoms with Crippen molar-refractivity contribution in [2.75, 3.05) is 6.61 Å². The first kappa shape index (κ1) is 22.5. The highest BCUT2D eigenvalue weighted by atomic mass is 32.2. The van der Waals surface area contributed by atoms with Gasteiger partial charge in [-0.15, -0.1) is 0 Å². The summed E-state index contributed by atoms with van der Waals surface area (Å²) < 4.78 is 46.6. The number of nitrogens with zero attached hydrogens (tertiary/aromatic N) is 1. The summed E-state index contributed by atoms with van der Waals surface area (Å²) in [4.78, 5) is 17.1. The van der Waals surface area contributed by atoms with E-state index in [9.17, 15) is 22.7 Å². The molecule has 9 heteroatoms. The minimum atomic E-state index is -3.75. The van der Waals surface area contributed by atoms with Gasteiger partial charge in [0.25, 0.3) is 5.91 Å². The molecule has 1 amide bonds. The Morgan fingerprint density at radius 2 is 1.97 bits per heavy atom. The number of aliphatic hydroxyl groups is 1. The minimum absolute atomic E-state index is 0.0370. The van der Waals surface area contributed by atoms with E-state index < -0.39 is 33.1 Å². The van der Waals surface area contributed by atoms with Gasteiger partial charge in [-0.2, -0.15) is 0 Å². The van der Waals surface area contributed by atoms with Gasteiger partial charge < -0.3 is 9.84 Å². The Bertz CT molecular complexity index is 1340. The van der Waals surface area contributed by atoms with Gasteiger partial charge in [0.1, 0.15) is 11.6 Å². The minimum Gasteiger partial charge on any atom is -0.493 e. The van der Waals surface area contributed by atoms with Crippen LogP contribution in [0.15, 0.2) is 60.8 Å². The van der Waals surface area contributed by atoms with Crippen LogP contribution in [0.1, 0.15) is 40.6 Å². The molecule has 176 valence electrons. The predicted octanol–water partition coefficient (Wildman–Crippen LogP) is 3.39. The van der Waals surface area contributed by atoms with Gasteiger partial charge in [-0.1, -0.05) is 18.2 Å². The van der Waals surface area contributed by atoms with Crippen LogP contribution in [0.4, 0.5) is 4.39 Å². The molecule has 0 unspecified atom stereocenters. The van der Waals surface area contributed by atoms with Gasteiger partial charge in [-0.25, -0.2) is 17.5 Å². The normalized spacial score (nSPS) is 19.7. The molecule has 1 fully saturated rings. The lowest BCUT2D eigenvalue weighted by Gasteiger charge is -2.30. The van der Waals surface area contributed by atoms with Crippen LogP contribution in [0.3, 0.4) is 0 Å². The van der Waals surface area contributed by atoms with E-state index in [0.717, 1.165) is 11.8 Å². The third-order valence-corrected chi connectivity index (χ3v) is 7.98. The van der Waals surface area contributed by atoms with E-state index in [1.807, 2.05) is 18.2 Å². The van der Waals surface area contributed by atoms with Crippen LogP contribution in [0.5, 0.6) is 5.75 Å². The van der Waals surface area contributed by atoms with E-state index in [-0.39, 0.29) is 23.7 Å². The van der Waals surface area contributed by atoms with Crippen LogP contribution < -0.4 is 9.46 Å². The standard InChI is InChI=1S/C25H23FN2O5S/c26-17-5-9-20(25(30)28-34(31,32)19-6-7-19)22(13-17)15-4-8-21-23(12-15)33-14-16(24(21)29)11-18-3-1-2-10-27-18/h1-5,8-10,12-13,16,19,24,29H,6-7,11,14H2,(H,28,30)/t16-,24+/m0/s1. The van der Waals surface area contributed by atoms with Crippen molar-refractivity contribution in [1.29, 1.82) is 0 Å². The lowest BCUT2D eigenvalue weighted by molar-refractivity contribution is 0.0503. The first-order valence-electron chi connectivity index (χ1n) is 11.0. The van der Waals surface area contributed by atoms with E-state index in [1.165, 1.54) is 12.1 Å². The van der Waals surface area contributed by atoms with E-state index in [0.29, 0.717) is 36.1 Å². The molecule has 2 aliphatic rings. The second-order valence-corrected chi connectivity index (χ2v) is 10.6. The second kappa shape index (κ2) is 8.81. The summed E-state index contributed by atoms with van der Waals surface area (Å²) in [7, 11) is -3.75. The lowest BCUT2D eigenvalue weighted by Crippen LogP contribution is -2.33. The van der Waals surface area contributed by atoms with Gasteiger partial charge in [-0.3, -0.25) is 9.78 Å². The summed E-state index contributed by atoms with van der Waals surface area (Å²) in [5.74, 6) is -1.12. The highest BCUT2D eigenvalue weighted by Gasteiger charge is 2.37. The van der Waals surface area contributed by atoms with Crippen LogP contribution in [-0.4, -0.2) is 36.3 Å². The smallest absolute Gasteiger partial charge is 0.265 e. The van der Waals surface area contributed by atoms with Gasteiger partial charge >= 0.3 is 0 Å². The average Bonchev–Trinajstić information content (AvgIpc) is 3.67. The van der Waals surface area contributed by atoms with Crippen molar-refractivity contribution in [2.24, 2.45) is 5.92 Å². The van der Waals surface area contributed by atoms with E-state index >= 15 is 0 Å². The number of carbonyl (C=O) groups is 1. The first-order chi connectivity index (χ1) is 16.3. The number of nitrogens with one attached hydrogen (secondary N) is 1. The fraction of sp³-hybridized carbons (Fsp3) is 0.280. The number of fused-ring (bicyclic) bond motifs is 1. The number of halogens is 1. The van der Waals surface area contributed by atoms with Gasteiger partial charge in [0, 0.05) is 28.9 Å². The Morgan fingerprint density at radius 1 is 1.15 bits per heavy atom. The Labute approximate surface area is 196 Å². The molecule has 2 atom stereocenters. The third kappa shape index (κ3) is 4.53. The summed E-state index contributed by atoms with van der Waals surface area (Å²) >= 11 is 0. The van der Waals surface area contributed by atoms with Crippen molar-refractivity contribution in [3.8, 4) is 16.9 Å². The molecule has 3 aromatic rings. The quantitative estimate of drug-likeness (QED) is 0.558. The van der Waals surface area contributed by atoms with Crippen molar-refractivity contribution in [2.45, 2.75) is 30.6 Å². The molecule has 5 rings (SSSR count). The number of pyridine rings is 1. The molecule has 2 N–H and O–H groups in total. The monoisotopic (exact) mass is 482 g/mol. The molecule has 0 saturated heterocycles. The molecule has 0 spiro atoms. The first-order valence-corrected chi connectivity index (χ1v) is 12.6. The Balaban J connectivity index is 1.42. The summed E-state index contributed by atoms with van der Waals surface area (Å²) in [6, 6.07) is 14.2. The zero-order valence-electron chi connectivity index (χ0n) is 18.1. The summed E-state index contributed by atoms with van der Waals surface area (Å²) in [6.07, 6.45) is 2.51. The number of amides is 1. The molecule has 1 aliphatic heterocycles. The molecule has 1 aromatic heterocycles. The molecule has 7 nitrogen and oxygen atoms in total. The topological polar surface area (TPSA) is 106 Å². The maximum absolute atomic E-state index is 14.1. The number of carbonyl (C=O) groups excluding carboxylic acids is 1. The van der Waals surface area contributed by atoms with Crippen LogP contribution in [0.2, 0.25) is 0 Å². The van der Waals surface area contributed by atoms with Crippen LogP contribution in [-0.2, 0) is 16.4 Å². The highest BCUT2D eigenvalue weighted by Crippen LogP contribution is 2.40. The van der Waals surface area contributed by atoms with Gasteiger partial charge in [-0.05, 0) is 66.8 Å². The number of hydrogen-bond donors (Lipinski definition) is 2. The maximum Gasteiger partial charge on any atom is 0.265 e. The molecular formula is C25H23FN2O5S. The molecule has 1 saturated carbocycles. The third-order valence-electron chi connectivity index (χ3n) is 6.16. The predicted molar refractivity (Wildman–Crippen MR) is 123 cm³/mol. The van der Waals surface area contributed by atoms with Crippen LogP contribution in [0.25, 0.3) is 11.1 Å². The van der Waals surface area contributed by atoms with Crippen molar-refractivity contribution >= 4 is 15.9 Å². The molecular weight excluding hydrogens is 459 g/mol. The number of aromatic nitrogens is 1. The Kier molecular flexibility index (Phi) is 5.83. The number of rotatable bonds is 6. The van der Waals surface area contributed by atoms with Crippen molar-refractivity contribution in [3.63, 3.8) is 0 Å². The maximum atomic E-state index is 14.1. The van der Waals surface area contributed by atoms with Gasteiger partial charge in [0.05, 0.1) is 18.0 Å².